The number of benzene rings is 7. The van der Waals surface area contributed by atoms with Crippen molar-refractivity contribution in [1.29, 1.82) is 0 Å². The molecule has 0 bridgehead atoms. The highest BCUT2D eigenvalue weighted by molar-refractivity contribution is 5.55. The van der Waals surface area contributed by atoms with Crippen LogP contribution >= 0.6 is 0 Å². The molecule has 0 radical (unpaired) electrons. The standard InChI is InChI=1S/C50H48N2O6/c1-49(2,3)45-31-48(58-44-24-12-22-42(30-44)56-40-20-10-18-38(28-40)54-36-16-8-14-34(52)26-36)46(50(4,5)6)32-47(45)57-43-23-11-21-41(29-43)55-39-19-9-17-37(27-39)53-35-15-7-13-33(51)25-35/h7-32H,51-52H2,1-6H3. The highest BCUT2D eigenvalue weighted by Gasteiger charge is 2.28. The lowest BCUT2D eigenvalue weighted by Crippen LogP contribution is -2.17. The lowest BCUT2D eigenvalue weighted by molar-refractivity contribution is 0.422. The Morgan fingerprint density at radius 3 is 0.759 bits per heavy atom. The van der Waals surface area contributed by atoms with E-state index in [0.29, 0.717) is 68.9 Å². The third-order valence-electron chi connectivity index (χ3n) is 9.03. The van der Waals surface area contributed by atoms with Crippen LogP contribution in [-0.2, 0) is 10.8 Å². The molecule has 7 aromatic rings. The van der Waals surface area contributed by atoms with E-state index in [0.717, 1.165) is 22.6 Å². The summed E-state index contributed by atoms with van der Waals surface area (Å²) in [6, 6.07) is 48.9. The largest absolute Gasteiger partial charge is 0.457 e. The molecule has 8 nitrogen and oxygen atoms in total. The van der Waals surface area contributed by atoms with E-state index in [1.807, 2.05) is 133 Å². The van der Waals surface area contributed by atoms with Crippen molar-refractivity contribution >= 4 is 11.4 Å². The molecule has 0 aromatic heterocycles. The second-order valence-electron chi connectivity index (χ2n) is 16.0. The summed E-state index contributed by atoms with van der Waals surface area (Å²) in [6.45, 7) is 13.0. The Morgan fingerprint density at radius 2 is 0.517 bits per heavy atom. The highest BCUT2D eigenvalue weighted by Crippen LogP contribution is 2.45. The van der Waals surface area contributed by atoms with E-state index < -0.39 is 0 Å². The van der Waals surface area contributed by atoms with Gasteiger partial charge in [-0.05, 0) is 95.8 Å². The molecule has 7 rings (SSSR count). The lowest BCUT2D eigenvalue weighted by atomic mass is 9.81. The maximum atomic E-state index is 6.70. The van der Waals surface area contributed by atoms with Crippen LogP contribution in [0.3, 0.4) is 0 Å². The molecule has 4 N–H and O–H groups in total. The maximum absolute atomic E-state index is 6.70. The van der Waals surface area contributed by atoms with Crippen LogP contribution in [0.5, 0.6) is 69.0 Å². The fraction of sp³-hybridized carbons (Fsp3) is 0.160. The van der Waals surface area contributed by atoms with Crippen molar-refractivity contribution in [3.63, 3.8) is 0 Å². The molecule has 0 aliphatic heterocycles. The molecule has 58 heavy (non-hydrogen) atoms. The van der Waals surface area contributed by atoms with Crippen molar-refractivity contribution in [1.82, 2.24) is 0 Å². The average molecular weight is 773 g/mol. The van der Waals surface area contributed by atoms with Gasteiger partial charge < -0.3 is 39.9 Å². The molecule has 0 saturated heterocycles. The summed E-state index contributed by atoms with van der Waals surface area (Å²) < 4.78 is 38.0. The molecule has 0 unspecified atom stereocenters. The van der Waals surface area contributed by atoms with E-state index in [2.05, 4.69) is 53.7 Å². The summed E-state index contributed by atoms with van der Waals surface area (Å²) in [5.74, 6) is 7.78. The van der Waals surface area contributed by atoms with E-state index >= 15 is 0 Å². The van der Waals surface area contributed by atoms with Gasteiger partial charge in [0.1, 0.15) is 69.0 Å². The minimum Gasteiger partial charge on any atom is -0.457 e. The normalized spacial score (nSPS) is 11.4. The summed E-state index contributed by atoms with van der Waals surface area (Å²) >= 11 is 0. The first-order valence-electron chi connectivity index (χ1n) is 19.1. The molecule has 0 spiro atoms. The van der Waals surface area contributed by atoms with Gasteiger partial charge in [0.15, 0.2) is 0 Å². The quantitative estimate of drug-likeness (QED) is 0.118. The van der Waals surface area contributed by atoms with E-state index in [1.54, 1.807) is 12.1 Å². The molecule has 0 amide bonds. The van der Waals surface area contributed by atoms with Crippen LogP contribution in [0.25, 0.3) is 0 Å². The molecule has 0 aliphatic rings. The van der Waals surface area contributed by atoms with Crippen molar-refractivity contribution in [2.45, 2.75) is 52.4 Å². The van der Waals surface area contributed by atoms with Crippen molar-refractivity contribution in [3.8, 4) is 69.0 Å². The zero-order valence-electron chi connectivity index (χ0n) is 33.6. The van der Waals surface area contributed by atoms with Crippen LogP contribution in [0.15, 0.2) is 158 Å². The second kappa shape index (κ2) is 16.6. The van der Waals surface area contributed by atoms with Crippen molar-refractivity contribution in [3.05, 3.63) is 169 Å². The zero-order chi connectivity index (χ0) is 40.9. The first kappa shape index (κ1) is 39.2. The van der Waals surface area contributed by atoms with Gasteiger partial charge in [0.25, 0.3) is 0 Å². The summed E-state index contributed by atoms with van der Waals surface area (Å²) in [6.07, 6.45) is 0. The van der Waals surface area contributed by atoms with Crippen molar-refractivity contribution < 1.29 is 28.4 Å². The first-order chi connectivity index (χ1) is 27.7. The topological polar surface area (TPSA) is 107 Å². The molecule has 0 heterocycles. The first-order valence-corrected chi connectivity index (χ1v) is 19.1. The van der Waals surface area contributed by atoms with Crippen LogP contribution in [0.4, 0.5) is 11.4 Å². The Kier molecular flexibility index (Phi) is 11.2. The van der Waals surface area contributed by atoms with Crippen LogP contribution in [0.2, 0.25) is 0 Å². The molecule has 8 heteroatoms. The molecule has 0 saturated carbocycles. The van der Waals surface area contributed by atoms with Gasteiger partial charge in [-0.1, -0.05) is 77.9 Å². The predicted octanol–water partition coefficient (Wildman–Crippen LogP) is 14.2. The van der Waals surface area contributed by atoms with Crippen LogP contribution < -0.4 is 39.9 Å². The van der Waals surface area contributed by atoms with E-state index in [1.165, 1.54) is 0 Å². The van der Waals surface area contributed by atoms with Crippen molar-refractivity contribution in [2.75, 3.05) is 11.5 Å². The number of hydrogen-bond acceptors (Lipinski definition) is 8. The van der Waals surface area contributed by atoms with Gasteiger partial charge in [-0.25, -0.2) is 0 Å². The Hall–Kier alpha value is -7.06. The predicted molar refractivity (Wildman–Crippen MR) is 232 cm³/mol. The summed E-state index contributed by atoms with van der Waals surface area (Å²) in [5, 5.41) is 0. The molecular formula is C50H48N2O6. The van der Waals surface area contributed by atoms with E-state index in [-0.39, 0.29) is 10.8 Å². The van der Waals surface area contributed by atoms with Gasteiger partial charge in [-0.3, -0.25) is 0 Å². The van der Waals surface area contributed by atoms with Crippen LogP contribution in [0.1, 0.15) is 52.7 Å². The van der Waals surface area contributed by atoms with Crippen LogP contribution in [-0.4, -0.2) is 0 Å². The zero-order valence-corrected chi connectivity index (χ0v) is 33.6. The maximum Gasteiger partial charge on any atom is 0.131 e. The highest BCUT2D eigenvalue weighted by atomic mass is 16.5. The molecule has 7 aromatic carbocycles. The minimum atomic E-state index is -0.286. The average Bonchev–Trinajstić information content (AvgIpc) is 3.15. The summed E-state index contributed by atoms with van der Waals surface area (Å²) in [4.78, 5) is 0. The fourth-order valence-electron chi connectivity index (χ4n) is 6.26. The van der Waals surface area contributed by atoms with Gasteiger partial charge in [-0.15, -0.1) is 0 Å². The molecule has 294 valence electrons. The van der Waals surface area contributed by atoms with E-state index in [9.17, 15) is 0 Å². The third kappa shape index (κ3) is 10.2. The molecular weight excluding hydrogens is 725 g/mol. The number of rotatable bonds is 12. The van der Waals surface area contributed by atoms with Gasteiger partial charge in [0.05, 0.1) is 0 Å². The number of hydrogen-bond donors (Lipinski definition) is 2. The smallest absolute Gasteiger partial charge is 0.131 e. The number of ether oxygens (including phenoxy) is 6. The monoisotopic (exact) mass is 772 g/mol. The fourth-order valence-corrected chi connectivity index (χ4v) is 6.26. The molecule has 0 atom stereocenters. The summed E-state index contributed by atoms with van der Waals surface area (Å²) in [5.41, 5.74) is 14.5. The van der Waals surface area contributed by atoms with Crippen LogP contribution in [0, 0.1) is 0 Å². The number of nitrogen functional groups attached to an aromatic ring is 2. The number of anilines is 2. The lowest BCUT2D eigenvalue weighted by Gasteiger charge is -2.29. The second-order valence-corrected chi connectivity index (χ2v) is 16.0. The molecule has 0 fully saturated rings. The third-order valence-corrected chi connectivity index (χ3v) is 9.03. The van der Waals surface area contributed by atoms with Gasteiger partial charge in [-0.2, -0.15) is 0 Å². The summed E-state index contributed by atoms with van der Waals surface area (Å²) in [7, 11) is 0. The van der Waals surface area contributed by atoms with Crippen molar-refractivity contribution in [2.24, 2.45) is 0 Å². The minimum absolute atomic E-state index is 0.286. The van der Waals surface area contributed by atoms with E-state index in [4.69, 9.17) is 39.9 Å². The number of nitrogens with two attached hydrogens (primary N) is 2. The Balaban J connectivity index is 1.11. The van der Waals surface area contributed by atoms with Gasteiger partial charge >= 0.3 is 0 Å². The Morgan fingerprint density at radius 1 is 0.293 bits per heavy atom. The van der Waals surface area contributed by atoms with Gasteiger partial charge in [0.2, 0.25) is 0 Å². The Bertz CT molecular complexity index is 2360. The molecule has 0 aliphatic carbocycles. The van der Waals surface area contributed by atoms with Gasteiger partial charge in [0, 0.05) is 58.9 Å². The SMILES string of the molecule is CC(C)(C)c1cc(Oc2cccc(Oc3cccc(Oc4cccc(N)c4)c3)c2)c(C(C)(C)C)cc1Oc1cccc(Oc2cccc(Oc3cccc(N)c3)c2)c1. The Labute approximate surface area is 340 Å².